The van der Waals surface area contributed by atoms with Crippen molar-refractivity contribution >= 4 is 5.91 Å². The molecule has 1 aliphatic heterocycles. The summed E-state index contributed by atoms with van der Waals surface area (Å²) in [6.07, 6.45) is 3.02. The lowest BCUT2D eigenvalue weighted by Gasteiger charge is -2.23. The van der Waals surface area contributed by atoms with E-state index in [1.807, 2.05) is 18.2 Å². The van der Waals surface area contributed by atoms with Crippen LogP contribution in [-0.4, -0.2) is 18.5 Å². The lowest BCUT2D eigenvalue weighted by atomic mass is 9.96. The molecule has 1 aromatic carbocycles. The number of hydrogen-bond donors (Lipinski definition) is 2. The fourth-order valence-corrected chi connectivity index (χ4v) is 2.62. The summed E-state index contributed by atoms with van der Waals surface area (Å²) < 4.78 is 0. The van der Waals surface area contributed by atoms with Crippen molar-refractivity contribution in [3.05, 3.63) is 35.9 Å². The van der Waals surface area contributed by atoms with Crippen LogP contribution < -0.4 is 10.6 Å². The van der Waals surface area contributed by atoms with Crippen molar-refractivity contribution in [2.75, 3.05) is 6.54 Å². The highest BCUT2D eigenvalue weighted by molar-refractivity contribution is 5.82. The third-order valence-corrected chi connectivity index (χ3v) is 3.60. The van der Waals surface area contributed by atoms with Gasteiger partial charge in [-0.15, -0.1) is 0 Å². The predicted molar refractivity (Wildman–Crippen MR) is 77.8 cm³/mol. The molecule has 104 valence electrons. The fraction of sp³-hybridized carbons (Fsp3) is 0.562. The Labute approximate surface area is 115 Å². The van der Waals surface area contributed by atoms with Gasteiger partial charge < -0.3 is 10.6 Å². The van der Waals surface area contributed by atoms with Crippen LogP contribution in [0.15, 0.2) is 30.3 Å². The van der Waals surface area contributed by atoms with Crippen molar-refractivity contribution in [1.29, 1.82) is 0 Å². The van der Waals surface area contributed by atoms with E-state index in [0.717, 1.165) is 25.8 Å². The monoisotopic (exact) mass is 260 g/mol. The Hall–Kier alpha value is -1.35. The van der Waals surface area contributed by atoms with E-state index in [2.05, 4.69) is 36.6 Å². The minimum atomic E-state index is -0.00151. The van der Waals surface area contributed by atoms with Gasteiger partial charge in [0.1, 0.15) is 0 Å². The first kappa shape index (κ1) is 14.1. The Bertz CT molecular complexity index is 396. The first-order valence-electron chi connectivity index (χ1n) is 7.25. The summed E-state index contributed by atoms with van der Waals surface area (Å²) in [4.78, 5) is 12.2. The molecule has 0 saturated carbocycles. The molecule has 1 fully saturated rings. The van der Waals surface area contributed by atoms with Crippen molar-refractivity contribution in [3.8, 4) is 0 Å². The van der Waals surface area contributed by atoms with E-state index < -0.39 is 0 Å². The molecule has 0 spiro atoms. The maximum atomic E-state index is 12.2. The zero-order valence-corrected chi connectivity index (χ0v) is 11.9. The van der Waals surface area contributed by atoms with Crippen LogP contribution in [0.5, 0.6) is 0 Å². The summed E-state index contributed by atoms with van der Waals surface area (Å²) in [6.45, 7) is 5.34. The van der Waals surface area contributed by atoms with Crippen molar-refractivity contribution in [2.45, 2.75) is 45.2 Å². The smallest absolute Gasteiger partial charge is 0.237 e. The van der Waals surface area contributed by atoms with Gasteiger partial charge in [0.25, 0.3) is 0 Å². The summed E-state index contributed by atoms with van der Waals surface area (Å²) >= 11 is 0. The van der Waals surface area contributed by atoms with E-state index in [-0.39, 0.29) is 18.0 Å². The molecular weight excluding hydrogens is 236 g/mol. The first-order chi connectivity index (χ1) is 9.16. The molecule has 19 heavy (non-hydrogen) atoms. The van der Waals surface area contributed by atoms with Crippen LogP contribution in [0.4, 0.5) is 0 Å². The maximum Gasteiger partial charge on any atom is 0.237 e. The second-order valence-electron chi connectivity index (χ2n) is 5.75. The minimum Gasteiger partial charge on any atom is -0.348 e. The normalized spacial score (nSPS) is 20.5. The van der Waals surface area contributed by atoms with Gasteiger partial charge in [-0.25, -0.2) is 0 Å². The molecule has 0 bridgehead atoms. The highest BCUT2D eigenvalue weighted by Crippen LogP contribution is 2.21. The third-order valence-electron chi connectivity index (χ3n) is 3.60. The summed E-state index contributed by atoms with van der Waals surface area (Å²) in [5, 5.41) is 6.46. The van der Waals surface area contributed by atoms with Crippen LogP contribution in [0.2, 0.25) is 0 Å². The molecule has 3 heteroatoms. The van der Waals surface area contributed by atoms with E-state index in [4.69, 9.17) is 0 Å². The number of carbonyl (C=O) groups is 1. The molecule has 2 atom stereocenters. The Kier molecular flexibility index (Phi) is 4.97. The van der Waals surface area contributed by atoms with Crippen molar-refractivity contribution in [2.24, 2.45) is 5.92 Å². The Morgan fingerprint density at radius 1 is 1.37 bits per heavy atom. The van der Waals surface area contributed by atoms with Crippen LogP contribution in [0.25, 0.3) is 0 Å². The fourth-order valence-electron chi connectivity index (χ4n) is 2.62. The molecule has 3 nitrogen and oxygen atoms in total. The van der Waals surface area contributed by atoms with Crippen LogP contribution in [-0.2, 0) is 4.79 Å². The van der Waals surface area contributed by atoms with Crippen molar-refractivity contribution in [1.82, 2.24) is 10.6 Å². The van der Waals surface area contributed by atoms with Gasteiger partial charge in [-0.05, 0) is 37.3 Å². The van der Waals surface area contributed by atoms with Gasteiger partial charge in [-0.1, -0.05) is 44.2 Å². The summed E-state index contributed by atoms with van der Waals surface area (Å²) in [6, 6.07) is 10.4. The molecule has 1 aliphatic rings. The van der Waals surface area contributed by atoms with Crippen molar-refractivity contribution < 1.29 is 4.79 Å². The predicted octanol–water partition coefficient (Wildman–Crippen LogP) is 2.64. The number of carbonyl (C=O) groups excluding carboxylic acids is 1. The number of benzene rings is 1. The molecule has 2 unspecified atom stereocenters. The molecule has 1 saturated heterocycles. The van der Waals surface area contributed by atoms with Gasteiger partial charge >= 0.3 is 0 Å². The SMILES string of the molecule is CC(C)CC(NC(=O)C1CCCN1)c1ccccc1. The maximum absolute atomic E-state index is 12.2. The van der Waals surface area contributed by atoms with E-state index in [9.17, 15) is 4.79 Å². The molecule has 2 N–H and O–H groups in total. The van der Waals surface area contributed by atoms with Crippen LogP contribution in [0, 0.1) is 5.92 Å². The summed E-state index contributed by atoms with van der Waals surface area (Å²) in [5.41, 5.74) is 1.20. The van der Waals surface area contributed by atoms with Gasteiger partial charge in [0.05, 0.1) is 12.1 Å². The quantitative estimate of drug-likeness (QED) is 0.854. The van der Waals surface area contributed by atoms with E-state index in [1.54, 1.807) is 0 Å². The van der Waals surface area contributed by atoms with E-state index in [0.29, 0.717) is 5.92 Å². The number of hydrogen-bond acceptors (Lipinski definition) is 2. The molecule has 1 aromatic rings. The first-order valence-corrected chi connectivity index (χ1v) is 7.25. The minimum absolute atomic E-state index is 0.00151. The van der Waals surface area contributed by atoms with Crippen LogP contribution >= 0.6 is 0 Å². The standard InChI is InChI=1S/C16H24N2O/c1-12(2)11-15(13-7-4-3-5-8-13)18-16(19)14-9-6-10-17-14/h3-5,7-8,12,14-15,17H,6,9-11H2,1-2H3,(H,18,19). The second-order valence-corrected chi connectivity index (χ2v) is 5.75. The lowest BCUT2D eigenvalue weighted by molar-refractivity contribution is -0.123. The molecule has 2 rings (SSSR count). The highest BCUT2D eigenvalue weighted by Gasteiger charge is 2.24. The Balaban J connectivity index is 2.03. The number of rotatable bonds is 5. The third kappa shape index (κ3) is 4.06. The number of nitrogens with one attached hydrogen (secondary N) is 2. The van der Waals surface area contributed by atoms with E-state index in [1.165, 1.54) is 5.56 Å². The van der Waals surface area contributed by atoms with Crippen molar-refractivity contribution in [3.63, 3.8) is 0 Å². The zero-order valence-electron chi connectivity index (χ0n) is 11.9. The largest absolute Gasteiger partial charge is 0.348 e. The molecular formula is C16H24N2O. The molecule has 1 heterocycles. The average molecular weight is 260 g/mol. The van der Waals surface area contributed by atoms with E-state index >= 15 is 0 Å². The van der Waals surface area contributed by atoms with Gasteiger partial charge in [0.15, 0.2) is 0 Å². The topological polar surface area (TPSA) is 41.1 Å². The number of amides is 1. The van der Waals surface area contributed by atoms with Gasteiger partial charge in [-0.2, -0.15) is 0 Å². The second kappa shape index (κ2) is 6.71. The van der Waals surface area contributed by atoms with Gasteiger partial charge in [-0.3, -0.25) is 4.79 Å². The Morgan fingerprint density at radius 3 is 2.68 bits per heavy atom. The molecule has 0 aromatic heterocycles. The average Bonchev–Trinajstić information content (AvgIpc) is 2.92. The molecule has 1 amide bonds. The summed E-state index contributed by atoms with van der Waals surface area (Å²) in [5.74, 6) is 0.703. The van der Waals surface area contributed by atoms with Gasteiger partial charge in [0.2, 0.25) is 5.91 Å². The molecule has 0 radical (unpaired) electrons. The van der Waals surface area contributed by atoms with Crippen LogP contribution in [0.3, 0.4) is 0 Å². The summed E-state index contributed by atoms with van der Waals surface area (Å²) in [7, 11) is 0. The Morgan fingerprint density at radius 2 is 2.11 bits per heavy atom. The zero-order chi connectivity index (χ0) is 13.7. The lowest BCUT2D eigenvalue weighted by Crippen LogP contribution is -2.42. The van der Waals surface area contributed by atoms with Gasteiger partial charge in [0, 0.05) is 0 Å². The van der Waals surface area contributed by atoms with Crippen LogP contribution in [0.1, 0.15) is 44.7 Å². The highest BCUT2D eigenvalue weighted by atomic mass is 16.2. The molecule has 0 aliphatic carbocycles.